The Kier molecular flexibility index (Phi) is 4.59. The van der Waals surface area contributed by atoms with Crippen LogP contribution < -0.4 is 14.8 Å². The van der Waals surface area contributed by atoms with Crippen LogP contribution in [0, 0.1) is 0 Å². The van der Waals surface area contributed by atoms with Crippen molar-refractivity contribution in [3.63, 3.8) is 0 Å². The fraction of sp³-hybridized carbons (Fsp3) is 0.125. The normalized spacial score (nSPS) is 10.3. The van der Waals surface area contributed by atoms with Gasteiger partial charge in [-0.1, -0.05) is 6.07 Å². The third-order valence-corrected chi connectivity index (χ3v) is 4.78. The highest BCUT2D eigenvalue weighted by atomic mass is 32.1. The van der Waals surface area contributed by atoms with E-state index in [0.29, 0.717) is 21.5 Å². The van der Waals surface area contributed by atoms with Crippen molar-refractivity contribution in [2.24, 2.45) is 0 Å². The van der Waals surface area contributed by atoms with Crippen molar-refractivity contribution < 1.29 is 14.3 Å². The molecule has 0 atom stereocenters. The van der Waals surface area contributed by atoms with E-state index in [1.807, 2.05) is 29.0 Å². The fourth-order valence-electron chi connectivity index (χ4n) is 2.03. The maximum absolute atomic E-state index is 12.1. The largest absolute Gasteiger partial charge is 0.497 e. The summed E-state index contributed by atoms with van der Waals surface area (Å²) in [5, 5.41) is 7.11. The monoisotopic (exact) mass is 346 g/mol. The van der Waals surface area contributed by atoms with Crippen LogP contribution in [0.4, 0.5) is 5.13 Å². The molecule has 0 spiro atoms. The molecule has 0 aliphatic heterocycles. The molecule has 23 heavy (non-hydrogen) atoms. The first kappa shape index (κ1) is 15.5. The van der Waals surface area contributed by atoms with E-state index < -0.39 is 0 Å². The molecule has 0 bridgehead atoms. The number of nitrogens with zero attached hydrogens (tertiary/aromatic N) is 1. The van der Waals surface area contributed by atoms with Gasteiger partial charge in [0.1, 0.15) is 11.5 Å². The maximum Gasteiger partial charge on any atom is 0.267 e. The smallest absolute Gasteiger partial charge is 0.267 e. The van der Waals surface area contributed by atoms with E-state index in [4.69, 9.17) is 9.47 Å². The number of carbonyl (C=O) groups excluding carboxylic acids is 1. The number of benzene rings is 1. The molecule has 2 heterocycles. The first-order chi connectivity index (χ1) is 11.2. The Morgan fingerprint density at radius 1 is 1.17 bits per heavy atom. The number of thiophene rings is 1. The predicted molar refractivity (Wildman–Crippen MR) is 92.9 cm³/mol. The molecule has 118 valence electrons. The van der Waals surface area contributed by atoms with E-state index in [-0.39, 0.29) is 5.91 Å². The molecule has 5 nitrogen and oxygen atoms in total. The lowest BCUT2D eigenvalue weighted by molar-refractivity contribution is 0.103. The second-order valence-corrected chi connectivity index (χ2v) is 6.34. The molecule has 0 fully saturated rings. The van der Waals surface area contributed by atoms with Gasteiger partial charge in [-0.05, 0) is 23.6 Å². The highest BCUT2D eigenvalue weighted by molar-refractivity contribution is 7.14. The molecule has 0 saturated heterocycles. The van der Waals surface area contributed by atoms with Crippen LogP contribution in [0.3, 0.4) is 0 Å². The van der Waals surface area contributed by atoms with E-state index >= 15 is 0 Å². The minimum atomic E-state index is -0.150. The minimum absolute atomic E-state index is 0.150. The third-order valence-electron chi connectivity index (χ3n) is 3.15. The number of rotatable bonds is 5. The summed E-state index contributed by atoms with van der Waals surface area (Å²) in [6.45, 7) is 0. The van der Waals surface area contributed by atoms with E-state index in [0.717, 1.165) is 11.3 Å². The number of hydrogen-bond donors (Lipinski definition) is 1. The van der Waals surface area contributed by atoms with Crippen LogP contribution in [0.5, 0.6) is 11.5 Å². The molecule has 1 N–H and O–H groups in total. The van der Waals surface area contributed by atoms with Crippen molar-refractivity contribution in [3.05, 3.63) is 46.0 Å². The van der Waals surface area contributed by atoms with Gasteiger partial charge in [0.25, 0.3) is 5.91 Å². The zero-order chi connectivity index (χ0) is 16.2. The van der Waals surface area contributed by atoms with Crippen molar-refractivity contribution in [2.75, 3.05) is 19.5 Å². The number of aromatic nitrogens is 1. The first-order valence-electron chi connectivity index (χ1n) is 6.74. The van der Waals surface area contributed by atoms with Crippen molar-refractivity contribution in [1.29, 1.82) is 0 Å². The van der Waals surface area contributed by atoms with Gasteiger partial charge in [0.15, 0.2) is 5.13 Å². The summed E-state index contributed by atoms with van der Waals surface area (Å²) in [6, 6.07) is 9.16. The molecule has 1 aromatic carbocycles. The Morgan fingerprint density at radius 3 is 2.74 bits per heavy atom. The van der Waals surface area contributed by atoms with Gasteiger partial charge >= 0.3 is 0 Å². The number of amides is 1. The second-order valence-electron chi connectivity index (χ2n) is 4.54. The average molecular weight is 346 g/mol. The van der Waals surface area contributed by atoms with Crippen LogP contribution in [0.2, 0.25) is 0 Å². The van der Waals surface area contributed by atoms with Crippen molar-refractivity contribution in [3.8, 4) is 22.8 Å². The Balaban J connectivity index is 1.83. The van der Waals surface area contributed by atoms with Crippen molar-refractivity contribution in [2.45, 2.75) is 0 Å². The van der Waals surface area contributed by atoms with Gasteiger partial charge in [-0.25, -0.2) is 4.98 Å². The van der Waals surface area contributed by atoms with Gasteiger partial charge < -0.3 is 9.47 Å². The minimum Gasteiger partial charge on any atom is -0.497 e. The molecule has 0 radical (unpaired) electrons. The van der Waals surface area contributed by atoms with Crippen LogP contribution in [0.25, 0.3) is 11.3 Å². The van der Waals surface area contributed by atoms with E-state index in [9.17, 15) is 4.79 Å². The number of hydrogen-bond acceptors (Lipinski definition) is 6. The molecular formula is C16H14N2O3S2. The number of thiazole rings is 1. The van der Waals surface area contributed by atoms with Crippen LogP contribution >= 0.6 is 22.7 Å². The summed E-state index contributed by atoms with van der Waals surface area (Å²) < 4.78 is 10.6. The lowest BCUT2D eigenvalue weighted by atomic mass is 10.1. The molecule has 7 heteroatoms. The number of methoxy groups -OCH3 is 2. The second kappa shape index (κ2) is 6.80. The van der Waals surface area contributed by atoms with E-state index in [1.165, 1.54) is 22.7 Å². The average Bonchev–Trinajstić information content (AvgIpc) is 3.26. The topological polar surface area (TPSA) is 60.5 Å². The lowest BCUT2D eigenvalue weighted by Crippen LogP contribution is -2.09. The SMILES string of the molecule is COc1ccc(-c2csc(NC(=O)c3cccs3)n2)c(OC)c1. The van der Waals surface area contributed by atoms with Crippen LogP contribution in [-0.4, -0.2) is 25.1 Å². The first-order valence-corrected chi connectivity index (χ1v) is 8.50. The van der Waals surface area contributed by atoms with Gasteiger partial charge in [0.05, 0.1) is 24.8 Å². The summed E-state index contributed by atoms with van der Waals surface area (Å²) in [4.78, 5) is 17.2. The number of nitrogens with one attached hydrogen (secondary N) is 1. The van der Waals surface area contributed by atoms with Crippen molar-refractivity contribution in [1.82, 2.24) is 4.98 Å². The highest BCUT2D eigenvalue weighted by Gasteiger charge is 2.13. The number of carbonyl (C=O) groups is 1. The van der Waals surface area contributed by atoms with Crippen molar-refractivity contribution >= 4 is 33.7 Å². The summed E-state index contributed by atoms with van der Waals surface area (Å²) in [5.74, 6) is 1.24. The zero-order valence-corrected chi connectivity index (χ0v) is 14.2. The summed E-state index contributed by atoms with van der Waals surface area (Å²) >= 11 is 2.77. The molecule has 0 aliphatic rings. The summed E-state index contributed by atoms with van der Waals surface area (Å²) in [5.41, 5.74) is 1.59. The van der Waals surface area contributed by atoms with Gasteiger partial charge in [-0.2, -0.15) is 0 Å². The molecule has 3 rings (SSSR count). The van der Waals surface area contributed by atoms with E-state index in [2.05, 4.69) is 10.3 Å². The Labute approximate surface area is 141 Å². The quantitative estimate of drug-likeness (QED) is 0.754. The van der Waals surface area contributed by atoms with Crippen LogP contribution in [0.15, 0.2) is 41.1 Å². The Morgan fingerprint density at radius 2 is 2.04 bits per heavy atom. The fourth-order valence-corrected chi connectivity index (χ4v) is 3.36. The van der Waals surface area contributed by atoms with Gasteiger partial charge in [-0.3, -0.25) is 10.1 Å². The molecular weight excluding hydrogens is 332 g/mol. The molecule has 0 unspecified atom stereocenters. The van der Waals surface area contributed by atoms with Crippen LogP contribution in [-0.2, 0) is 0 Å². The predicted octanol–water partition coefficient (Wildman–Crippen LogP) is 4.14. The van der Waals surface area contributed by atoms with Gasteiger partial charge in [-0.15, -0.1) is 22.7 Å². The highest BCUT2D eigenvalue weighted by Crippen LogP contribution is 2.34. The Bertz CT molecular complexity index is 813. The zero-order valence-electron chi connectivity index (χ0n) is 12.5. The molecule has 1 amide bonds. The van der Waals surface area contributed by atoms with Crippen LogP contribution in [0.1, 0.15) is 9.67 Å². The van der Waals surface area contributed by atoms with Gasteiger partial charge in [0, 0.05) is 17.0 Å². The maximum atomic E-state index is 12.1. The Hall–Kier alpha value is -2.38. The molecule has 2 aromatic heterocycles. The molecule has 3 aromatic rings. The standard InChI is InChI=1S/C16H14N2O3S2/c1-20-10-5-6-11(13(8-10)21-2)12-9-23-16(17-12)18-15(19)14-4-3-7-22-14/h3-9H,1-2H3,(H,17,18,19). The third kappa shape index (κ3) is 3.35. The van der Waals surface area contributed by atoms with Gasteiger partial charge in [0.2, 0.25) is 0 Å². The number of ether oxygens (including phenoxy) is 2. The molecule has 0 aliphatic carbocycles. The molecule has 0 saturated carbocycles. The summed E-state index contributed by atoms with van der Waals surface area (Å²) in [6.07, 6.45) is 0. The summed E-state index contributed by atoms with van der Waals surface area (Å²) in [7, 11) is 3.21. The van der Waals surface area contributed by atoms with E-state index in [1.54, 1.807) is 26.4 Å². The lowest BCUT2D eigenvalue weighted by Gasteiger charge is -2.08. The number of anilines is 1.